The quantitative estimate of drug-likeness (QED) is 0.513. The normalized spacial score (nSPS) is 12.4. The van der Waals surface area contributed by atoms with E-state index in [9.17, 15) is 0 Å². The molecule has 18 heavy (non-hydrogen) atoms. The van der Waals surface area contributed by atoms with E-state index >= 15 is 0 Å². The van der Waals surface area contributed by atoms with Gasteiger partial charge < -0.3 is 0 Å². The van der Waals surface area contributed by atoms with Crippen molar-refractivity contribution >= 4 is 55.1 Å². The van der Waals surface area contributed by atoms with Gasteiger partial charge in [-0.15, -0.1) is 0 Å². The van der Waals surface area contributed by atoms with Crippen LogP contribution in [0.5, 0.6) is 0 Å². The molecule has 1 unspecified atom stereocenters. The van der Waals surface area contributed by atoms with Crippen molar-refractivity contribution in [1.82, 2.24) is 0 Å². The van der Waals surface area contributed by atoms with Crippen LogP contribution in [0.1, 0.15) is 16.0 Å². The average Bonchev–Trinajstić information content (AvgIpc) is 2.31. The highest BCUT2D eigenvalue weighted by Crippen LogP contribution is 2.33. The maximum absolute atomic E-state index is 6.16. The van der Waals surface area contributed by atoms with Crippen molar-refractivity contribution in [2.75, 3.05) is 0 Å². The van der Waals surface area contributed by atoms with Crippen molar-refractivity contribution < 1.29 is 0 Å². The van der Waals surface area contributed by atoms with E-state index in [4.69, 9.17) is 23.2 Å². The first-order chi connectivity index (χ1) is 8.56. The molecule has 0 fully saturated rings. The Morgan fingerprint density at radius 2 is 1.78 bits per heavy atom. The molecule has 1 atom stereocenters. The van der Waals surface area contributed by atoms with Gasteiger partial charge in [0.05, 0.1) is 0 Å². The maximum atomic E-state index is 6.16. The van der Waals surface area contributed by atoms with Crippen LogP contribution in [0.15, 0.2) is 46.9 Å². The molecule has 0 saturated carbocycles. The lowest BCUT2D eigenvalue weighted by atomic mass is 10.0. The minimum atomic E-state index is 0.187. The minimum absolute atomic E-state index is 0.187. The van der Waals surface area contributed by atoms with Gasteiger partial charge in [0.2, 0.25) is 0 Å². The van der Waals surface area contributed by atoms with Crippen LogP contribution < -0.4 is 0 Å². The Morgan fingerprint density at radius 3 is 2.44 bits per heavy atom. The molecule has 0 bridgehead atoms. The third-order valence-electron chi connectivity index (χ3n) is 2.60. The Labute approximate surface area is 134 Å². The van der Waals surface area contributed by atoms with Crippen LogP contribution in [0.2, 0.25) is 10.0 Å². The first kappa shape index (κ1) is 14.4. The molecule has 0 heterocycles. The van der Waals surface area contributed by atoms with Gasteiger partial charge in [0.1, 0.15) is 0 Å². The molecule has 0 aliphatic heterocycles. The number of rotatable bonds is 3. The summed E-state index contributed by atoms with van der Waals surface area (Å²) >= 11 is 19.4. The molecule has 0 radical (unpaired) electrons. The van der Waals surface area contributed by atoms with Crippen LogP contribution in [0.3, 0.4) is 0 Å². The number of halogens is 4. The number of alkyl halides is 1. The second kappa shape index (κ2) is 6.42. The standard InChI is InChI=1S/C14H10Br2Cl2/c15-11-5-10(6-12(17)8-11)13(16)7-9-3-1-2-4-14(9)18/h1-6,8,13H,7H2. The zero-order chi connectivity index (χ0) is 13.1. The van der Waals surface area contributed by atoms with Gasteiger partial charge in [0.25, 0.3) is 0 Å². The van der Waals surface area contributed by atoms with Crippen LogP contribution in [-0.2, 0) is 6.42 Å². The van der Waals surface area contributed by atoms with Crippen molar-refractivity contribution in [2.24, 2.45) is 0 Å². The van der Waals surface area contributed by atoms with Crippen LogP contribution in [0.25, 0.3) is 0 Å². The number of benzene rings is 2. The SMILES string of the molecule is Clc1cc(Br)cc(C(Br)Cc2ccccc2Cl)c1. The van der Waals surface area contributed by atoms with Gasteiger partial charge in [-0.05, 0) is 41.8 Å². The fourth-order valence-electron chi connectivity index (χ4n) is 1.73. The average molecular weight is 409 g/mol. The number of hydrogen-bond donors (Lipinski definition) is 0. The highest BCUT2D eigenvalue weighted by molar-refractivity contribution is 9.10. The smallest absolute Gasteiger partial charge is 0.0438 e. The fraction of sp³-hybridized carbons (Fsp3) is 0.143. The lowest BCUT2D eigenvalue weighted by Crippen LogP contribution is -1.96. The summed E-state index contributed by atoms with van der Waals surface area (Å²) in [5.41, 5.74) is 2.26. The lowest BCUT2D eigenvalue weighted by molar-refractivity contribution is 0.948. The van der Waals surface area contributed by atoms with Gasteiger partial charge in [-0.3, -0.25) is 0 Å². The minimum Gasteiger partial charge on any atom is -0.0843 e. The van der Waals surface area contributed by atoms with Gasteiger partial charge in [-0.1, -0.05) is 73.3 Å². The highest BCUT2D eigenvalue weighted by atomic mass is 79.9. The second-order valence-electron chi connectivity index (χ2n) is 3.97. The van der Waals surface area contributed by atoms with Crippen molar-refractivity contribution in [3.8, 4) is 0 Å². The summed E-state index contributed by atoms with van der Waals surface area (Å²) in [5, 5.41) is 1.52. The Balaban J connectivity index is 2.22. The van der Waals surface area contributed by atoms with Crippen LogP contribution in [0, 0.1) is 0 Å². The monoisotopic (exact) mass is 406 g/mol. The molecule has 0 amide bonds. The molecular weight excluding hydrogens is 399 g/mol. The summed E-state index contributed by atoms with van der Waals surface area (Å²) in [6.07, 6.45) is 0.826. The Morgan fingerprint density at radius 1 is 1.06 bits per heavy atom. The molecule has 2 aromatic carbocycles. The summed E-state index contributed by atoms with van der Waals surface area (Å²) < 4.78 is 0.980. The van der Waals surface area contributed by atoms with Crippen LogP contribution in [0.4, 0.5) is 0 Å². The zero-order valence-corrected chi connectivity index (χ0v) is 14.0. The zero-order valence-electron chi connectivity index (χ0n) is 9.34. The van der Waals surface area contributed by atoms with E-state index in [1.165, 1.54) is 0 Å². The van der Waals surface area contributed by atoms with Gasteiger partial charge in [0, 0.05) is 19.3 Å². The Hall–Kier alpha value is -0.0200. The summed E-state index contributed by atoms with van der Waals surface area (Å²) in [6, 6.07) is 13.8. The molecule has 0 aliphatic carbocycles. The molecule has 94 valence electrons. The predicted molar refractivity (Wildman–Crippen MR) is 86.0 cm³/mol. The first-order valence-corrected chi connectivity index (χ1v) is 7.86. The van der Waals surface area contributed by atoms with Crippen molar-refractivity contribution in [3.63, 3.8) is 0 Å². The van der Waals surface area contributed by atoms with Gasteiger partial charge in [-0.25, -0.2) is 0 Å². The van der Waals surface area contributed by atoms with E-state index in [-0.39, 0.29) is 4.83 Å². The van der Waals surface area contributed by atoms with E-state index in [0.29, 0.717) is 0 Å². The summed E-state index contributed by atoms with van der Waals surface area (Å²) in [6.45, 7) is 0. The van der Waals surface area contributed by atoms with Gasteiger partial charge in [-0.2, -0.15) is 0 Å². The molecular formula is C14H10Br2Cl2. The lowest BCUT2D eigenvalue weighted by Gasteiger charge is -2.12. The summed E-state index contributed by atoms with van der Waals surface area (Å²) in [7, 11) is 0. The van der Waals surface area contributed by atoms with Crippen LogP contribution >= 0.6 is 55.1 Å². The third-order valence-corrected chi connectivity index (χ3v) is 4.50. The topological polar surface area (TPSA) is 0 Å². The molecule has 0 aromatic heterocycles. The van der Waals surface area contributed by atoms with E-state index in [1.54, 1.807) is 0 Å². The predicted octanol–water partition coefficient (Wildman–Crippen LogP) is 6.43. The van der Waals surface area contributed by atoms with E-state index < -0.39 is 0 Å². The molecule has 0 N–H and O–H groups in total. The van der Waals surface area contributed by atoms with Gasteiger partial charge in [0.15, 0.2) is 0 Å². The molecule has 0 nitrogen and oxygen atoms in total. The second-order valence-corrected chi connectivity index (χ2v) is 6.83. The molecule has 0 aliphatic rings. The third kappa shape index (κ3) is 3.74. The summed E-state index contributed by atoms with van der Waals surface area (Å²) in [4.78, 5) is 0.187. The highest BCUT2D eigenvalue weighted by Gasteiger charge is 2.11. The van der Waals surface area contributed by atoms with Crippen molar-refractivity contribution in [3.05, 3.63) is 68.1 Å². The van der Waals surface area contributed by atoms with Crippen LogP contribution in [-0.4, -0.2) is 0 Å². The fourth-order valence-corrected chi connectivity index (χ4v) is 3.44. The summed E-state index contributed by atoms with van der Waals surface area (Å²) in [5.74, 6) is 0. The van der Waals surface area contributed by atoms with E-state index in [0.717, 1.165) is 32.1 Å². The van der Waals surface area contributed by atoms with Crippen molar-refractivity contribution in [1.29, 1.82) is 0 Å². The van der Waals surface area contributed by atoms with Crippen molar-refractivity contribution in [2.45, 2.75) is 11.2 Å². The molecule has 4 heteroatoms. The first-order valence-electron chi connectivity index (χ1n) is 5.40. The molecule has 2 rings (SSSR count). The molecule has 0 spiro atoms. The Kier molecular flexibility index (Phi) is 5.14. The van der Waals surface area contributed by atoms with E-state index in [2.05, 4.69) is 37.9 Å². The Bertz CT molecular complexity index is 535. The van der Waals surface area contributed by atoms with Gasteiger partial charge >= 0.3 is 0 Å². The molecule has 2 aromatic rings. The molecule has 0 saturated heterocycles. The maximum Gasteiger partial charge on any atom is 0.0438 e. The van der Waals surface area contributed by atoms with E-state index in [1.807, 2.05) is 36.4 Å². The number of hydrogen-bond acceptors (Lipinski definition) is 0. The largest absolute Gasteiger partial charge is 0.0843 e.